The number of benzene rings is 2. The first-order valence-electron chi connectivity index (χ1n) is 11.0. The number of hydrogen-bond acceptors (Lipinski definition) is 5. The van der Waals surface area contributed by atoms with Crippen molar-refractivity contribution in [2.45, 2.75) is 51.0 Å². The van der Waals surface area contributed by atoms with Crippen LogP contribution in [0.4, 0.5) is 5.69 Å². The molecule has 0 aliphatic carbocycles. The molecule has 3 aromatic rings. The molecule has 1 aliphatic rings. The quantitative estimate of drug-likeness (QED) is 0.519. The molecule has 8 nitrogen and oxygen atoms in total. The molecule has 9 heteroatoms. The average Bonchev–Trinajstić information content (AvgIpc) is 3.28. The van der Waals surface area contributed by atoms with Crippen molar-refractivity contribution in [1.82, 2.24) is 14.5 Å². The van der Waals surface area contributed by atoms with Gasteiger partial charge in [-0.2, -0.15) is 9.40 Å². The van der Waals surface area contributed by atoms with Gasteiger partial charge in [0.15, 0.2) is 0 Å². The van der Waals surface area contributed by atoms with E-state index in [-0.39, 0.29) is 22.4 Å². The van der Waals surface area contributed by atoms with Crippen LogP contribution in [0, 0.1) is 13.8 Å². The molecule has 1 saturated heterocycles. The number of H-pyrrole nitrogens is 1. The SMILES string of the molecule is Cc1ccc(-c2cc(C(=O)Nc3ccc(S(=O)(=O)N4CCCCC4C)cc3)[nH]n2)c(O)c1C. The average molecular weight is 469 g/mol. The summed E-state index contributed by atoms with van der Waals surface area (Å²) in [6, 6.07) is 11.4. The number of nitrogens with one attached hydrogen (secondary N) is 2. The minimum Gasteiger partial charge on any atom is -0.507 e. The number of sulfonamides is 1. The number of phenols is 1. The third kappa shape index (κ3) is 4.51. The van der Waals surface area contributed by atoms with Crippen molar-refractivity contribution in [3.05, 3.63) is 59.3 Å². The maximum Gasteiger partial charge on any atom is 0.273 e. The summed E-state index contributed by atoms with van der Waals surface area (Å²) in [6.45, 7) is 6.19. The van der Waals surface area contributed by atoms with Crippen LogP contribution in [0.25, 0.3) is 11.3 Å². The van der Waals surface area contributed by atoms with E-state index in [0.717, 1.165) is 30.4 Å². The first-order chi connectivity index (χ1) is 15.7. The number of rotatable bonds is 5. The lowest BCUT2D eigenvalue weighted by Gasteiger charge is -2.32. The number of nitrogens with zero attached hydrogens (tertiary/aromatic N) is 2. The number of hydrogen-bond donors (Lipinski definition) is 3. The summed E-state index contributed by atoms with van der Waals surface area (Å²) in [7, 11) is -3.57. The Morgan fingerprint density at radius 1 is 1.15 bits per heavy atom. The van der Waals surface area contributed by atoms with Crippen molar-refractivity contribution in [2.75, 3.05) is 11.9 Å². The van der Waals surface area contributed by atoms with Crippen LogP contribution >= 0.6 is 0 Å². The predicted molar refractivity (Wildman–Crippen MR) is 127 cm³/mol. The minimum absolute atomic E-state index is 0.0190. The van der Waals surface area contributed by atoms with Gasteiger partial charge in [0, 0.05) is 23.8 Å². The lowest BCUT2D eigenvalue weighted by molar-refractivity contribution is 0.102. The van der Waals surface area contributed by atoms with Crippen LogP contribution in [-0.2, 0) is 10.0 Å². The fraction of sp³-hybridized carbons (Fsp3) is 0.333. The van der Waals surface area contributed by atoms with Gasteiger partial charge >= 0.3 is 0 Å². The molecule has 0 radical (unpaired) electrons. The minimum atomic E-state index is -3.57. The van der Waals surface area contributed by atoms with Gasteiger partial charge < -0.3 is 10.4 Å². The molecule has 1 aromatic heterocycles. The highest BCUT2D eigenvalue weighted by molar-refractivity contribution is 7.89. The Morgan fingerprint density at radius 3 is 2.58 bits per heavy atom. The van der Waals surface area contributed by atoms with Crippen molar-refractivity contribution >= 4 is 21.6 Å². The van der Waals surface area contributed by atoms with E-state index in [1.54, 1.807) is 28.6 Å². The Bertz CT molecular complexity index is 1280. The number of aromatic amines is 1. The molecular formula is C24H28N4O4S. The first-order valence-corrected chi connectivity index (χ1v) is 12.4. The zero-order valence-corrected chi connectivity index (χ0v) is 19.7. The standard InChI is InChI=1S/C24H28N4O4S/c1-15-7-12-20(23(29)17(15)3)21-14-22(27-26-21)24(30)25-18-8-10-19(11-9-18)33(31,32)28-13-5-4-6-16(28)2/h7-12,14,16,29H,4-6,13H2,1-3H3,(H,25,30)(H,26,27). The predicted octanol–water partition coefficient (Wildman–Crippen LogP) is 4.21. The number of piperidine rings is 1. The molecule has 1 amide bonds. The number of carbonyl (C=O) groups is 1. The van der Waals surface area contributed by atoms with Gasteiger partial charge in [-0.1, -0.05) is 12.5 Å². The molecule has 174 valence electrons. The fourth-order valence-corrected chi connectivity index (χ4v) is 5.76. The maximum absolute atomic E-state index is 13.0. The fourth-order valence-electron chi connectivity index (χ4n) is 4.06. The van der Waals surface area contributed by atoms with Crippen molar-refractivity contribution in [2.24, 2.45) is 0 Å². The second kappa shape index (κ2) is 8.99. The summed E-state index contributed by atoms with van der Waals surface area (Å²) in [5.74, 6) is -0.286. The van der Waals surface area contributed by atoms with E-state index in [0.29, 0.717) is 23.5 Å². The molecular weight excluding hydrogens is 440 g/mol. The summed E-state index contributed by atoms with van der Waals surface area (Å²) in [6.07, 6.45) is 2.76. The highest BCUT2D eigenvalue weighted by Gasteiger charge is 2.30. The van der Waals surface area contributed by atoms with Crippen LogP contribution < -0.4 is 5.32 Å². The zero-order chi connectivity index (χ0) is 23.8. The van der Waals surface area contributed by atoms with Crippen LogP contribution in [0.1, 0.15) is 47.8 Å². The molecule has 1 aliphatic heterocycles. The van der Waals surface area contributed by atoms with Gasteiger partial charge in [-0.3, -0.25) is 9.89 Å². The number of amides is 1. The number of anilines is 1. The molecule has 1 unspecified atom stereocenters. The molecule has 4 rings (SSSR count). The smallest absolute Gasteiger partial charge is 0.273 e. The molecule has 1 atom stereocenters. The Morgan fingerprint density at radius 2 is 1.88 bits per heavy atom. The Labute approximate surface area is 193 Å². The molecule has 0 spiro atoms. The van der Waals surface area contributed by atoms with Gasteiger partial charge in [0.1, 0.15) is 11.4 Å². The van der Waals surface area contributed by atoms with Crippen LogP contribution in [0.3, 0.4) is 0 Å². The second-order valence-corrected chi connectivity index (χ2v) is 10.4. The van der Waals surface area contributed by atoms with Crippen LogP contribution in [0.15, 0.2) is 47.4 Å². The summed E-state index contributed by atoms with van der Waals surface area (Å²) < 4.78 is 27.5. The van der Waals surface area contributed by atoms with Crippen LogP contribution in [0.5, 0.6) is 5.75 Å². The van der Waals surface area contributed by atoms with Gasteiger partial charge in [-0.05, 0) is 81.1 Å². The van der Waals surface area contributed by atoms with Gasteiger partial charge in [0.25, 0.3) is 5.91 Å². The summed E-state index contributed by atoms with van der Waals surface area (Å²) >= 11 is 0. The number of carbonyl (C=O) groups excluding carboxylic acids is 1. The first kappa shape index (κ1) is 23.0. The van der Waals surface area contributed by atoms with Gasteiger partial charge in [0.2, 0.25) is 10.0 Å². The largest absolute Gasteiger partial charge is 0.507 e. The van der Waals surface area contributed by atoms with E-state index in [2.05, 4.69) is 15.5 Å². The topological polar surface area (TPSA) is 115 Å². The third-order valence-corrected chi connectivity index (χ3v) is 8.29. The third-order valence-electron chi connectivity index (χ3n) is 6.26. The highest BCUT2D eigenvalue weighted by Crippen LogP contribution is 2.33. The van der Waals surface area contributed by atoms with Crippen molar-refractivity contribution in [3.8, 4) is 17.0 Å². The van der Waals surface area contributed by atoms with E-state index in [4.69, 9.17) is 0 Å². The van der Waals surface area contributed by atoms with E-state index in [1.165, 1.54) is 12.1 Å². The second-order valence-electron chi connectivity index (χ2n) is 8.51. The summed E-state index contributed by atoms with van der Waals surface area (Å²) in [4.78, 5) is 12.9. The lowest BCUT2D eigenvalue weighted by atomic mass is 10.0. The van der Waals surface area contributed by atoms with E-state index >= 15 is 0 Å². The molecule has 33 heavy (non-hydrogen) atoms. The molecule has 0 bridgehead atoms. The number of aryl methyl sites for hydroxylation is 1. The molecule has 3 N–H and O–H groups in total. The Kier molecular flexibility index (Phi) is 6.27. The molecule has 1 fully saturated rings. The highest BCUT2D eigenvalue weighted by atomic mass is 32.2. The lowest BCUT2D eigenvalue weighted by Crippen LogP contribution is -2.41. The summed E-state index contributed by atoms with van der Waals surface area (Å²) in [5, 5.41) is 20.0. The molecule has 2 heterocycles. The normalized spacial score (nSPS) is 17.1. The monoisotopic (exact) mass is 468 g/mol. The zero-order valence-electron chi connectivity index (χ0n) is 18.9. The molecule has 0 saturated carbocycles. The maximum atomic E-state index is 13.0. The van der Waals surface area contributed by atoms with E-state index < -0.39 is 15.9 Å². The summed E-state index contributed by atoms with van der Waals surface area (Å²) in [5.41, 5.74) is 3.41. The van der Waals surface area contributed by atoms with Crippen molar-refractivity contribution in [1.29, 1.82) is 0 Å². The van der Waals surface area contributed by atoms with E-state index in [9.17, 15) is 18.3 Å². The van der Waals surface area contributed by atoms with Gasteiger partial charge in [-0.15, -0.1) is 0 Å². The van der Waals surface area contributed by atoms with Crippen LogP contribution in [-0.4, -0.2) is 46.5 Å². The number of aromatic hydroxyl groups is 1. The van der Waals surface area contributed by atoms with E-state index in [1.807, 2.05) is 26.8 Å². The van der Waals surface area contributed by atoms with Gasteiger partial charge in [0.05, 0.1) is 10.6 Å². The number of aromatic nitrogens is 2. The Balaban J connectivity index is 1.48. The van der Waals surface area contributed by atoms with Crippen molar-refractivity contribution in [3.63, 3.8) is 0 Å². The van der Waals surface area contributed by atoms with Crippen molar-refractivity contribution < 1.29 is 18.3 Å². The Hall–Kier alpha value is -3.17. The van der Waals surface area contributed by atoms with Gasteiger partial charge in [-0.25, -0.2) is 8.42 Å². The number of phenolic OH excluding ortho intramolecular Hbond substituents is 1. The van der Waals surface area contributed by atoms with Crippen LogP contribution in [0.2, 0.25) is 0 Å². The molecule has 2 aromatic carbocycles.